The molecule has 0 bridgehead atoms. The third-order valence-electron chi connectivity index (χ3n) is 14.2. The molecule has 0 aliphatic heterocycles. The molecule has 0 radical (unpaired) electrons. The van der Waals surface area contributed by atoms with Gasteiger partial charge in [-0.05, 0) is 109 Å². The van der Waals surface area contributed by atoms with Crippen molar-refractivity contribution in [3.63, 3.8) is 0 Å². The molecule has 4 aliphatic rings. The number of hydrogen-bond donors (Lipinski definition) is 0. The van der Waals surface area contributed by atoms with Gasteiger partial charge in [0.25, 0.3) is 0 Å². The van der Waals surface area contributed by atoms with Gasteiger partial charge in [0.1, 0.15) is 6.10 Å². The van der Waals surface area contributed by atoms with Gasteiger partial charge >= 0.3 is 5.97 Å². The second-order valence-corrected chi connectivity index (χ2v) is 20.0. The van der Waals surface area contributed by atoms with Crippen LogP contribution in [0.25, 0.3) is 0 Å². The van der Waals surface area contributed by atoms with Gasteiger partial charge in [0.15, 0.2) is 0 Å². The maximum atomic E-state index is 14.2. The number of carbonyl (C=O) groups excluding carboxylic acids is 1. The van der Waals surface area contributed by atoms with Crippen molar-refractivity contribution in [2.45, 2.75) is 123 Å². The van der Waals surface area contributed by atoms with Crippen LogP contribution in [0.1, 0.15) is 117 Å². The summed E-state index contributed by atoms with van der Waals surface area (Å²) in [7, 11) is 0. The van der Waals surface area contributed by atoms with E-state index in [2.05, 4.69) is 118 Å². The normalized spacial score (nSPS) is 30.4. The van der Waals surface area contributed by atoms with Crippen LogP contribution in [0.2, 0.25) is 0 Å². The van der Waals surface area contributed by atoms with Crippen LogP contribution in [0.5, 0.6) is 0 Å². The summed E-state index contributed by atoms with van der Waals surface area (Å²) in [6.07, 6.45) is 22.4. The average molecular weight is 689 g/mol. The van der Waals surface area contributed by atoms with Crippen LogP contribution >= 0.6 is 6.89 Å². The van der Waals surface area contributed by atoms with Crippen LogP contribution in [0.15, 0.2) is 103 Å². The molecule has 0 aromatic heterocycles. The number of benzene rings is 3. The Morgan fingerprint density at radius 2 is 1.34 bits per heavy atom. The monoisotopic (exact) mass is 688 g/mol. The predicted octanol–water partition coefficient (Wildman–Crippen LogP) is 11.0. The molecule has 3 saturated carbocycles. The van der Waals surface area contributed by atoms with E-state index < -0.39 is 6.89 Å². The van der Waals surface area contributed by atoms with Crippen molar-refractivity contribution in [2.24, 2.45) is 34.5 Å². The third-order valence-corrected chi connectivity index (χ3v) is 18.2. The summed E-state index contributed by atoms with van der Waals surface area (Å²) in [5.41, 5.74) is 2.38. The number of esters is 1. The van der Waals surface area contributed by atoms with E-state index in [-0.39, 0.29) is 17.5 Å². The fraction of sp³-hybridized carbons (Fsp3) is 0.532. The number of fused-ring (bicyclic) bond motifs is 5. The molecule has 3 heteroatoms. The second kappa shape index (κ2) is 15.4. The first-order valence-corrected chi connectivity index (χ1v) is 22.1. The van der Waals surface area contributed by atoms with Gasteiger partial charge in [-0.1, -0.05) is 162 Å². The van der Waals surface area contributed by atoms with Gasteiger partial charge in [0.05, 0.1) is 0 Å². The molecule has 0 N–H and O–H groups in total. The molecule has 2 nitrogen and oxygen atoms in total. The number of carbonyl (C=O) groups is 1. The minimum atomic E-state index is -2.39. The van der Waals surface area contributed by atoms with Crippen molar-refractivity contribution in [1.82, 2.24) is 0 Å². The number of allylic oxidation sites excluding steroid dienone is 1. The van der Waals surface area contributed by atoms with Crippen molar-refractivity contribution < 1.29 is 9.53 Å². The molecule has 266 valence electrons. The number of rotatable bonds is 12. The molecule has 0 spiro atoms. The highest BCUT2D eigenvalue weighted by Crippen LogP contribution is 2.67. The van der Waals surface area contributed by atoms with Gasteiger partial charge in [0.2, 0.25) is 0 Å². The summed E-state index contributed by atoms with van der Waals surface area (Å²) in [6, 6.07) is 31.8. The van der Waals surface area contributed by atoms with Gasteiger partial charge in [-0.25, -0.2) is 4.79 Å². The van der Waals surface area contributed by atoms with E-state index in [0.29, 0.717) is 5.41 Å². The SMILES string of the molecule is CCCCCCCC[C@@H]1CC[C@@H]2[C@H]3CC=C4C[C@H](OC(=O)C=P(c5ccccc5)(c5ccccc5)c5ccccc5)CC[C@]4(C)[C@@H]3CC[C@@]12C. The molecule has 50 heavy (non-hydrogen) atoms. The predicted molar refractivity (Wildman–Crippen MR) is 214 cm³/mol. The van der Waals surface area contributed by atoms with Crippen LogP contribution in [-0.4, -0.2) is 17.9 Å². The second-order valence-electron chi connectivity index (χ2n) is 16.8. The fourth-order valence-corrected chi connectivity index (χ4v) is 15.1. The first kappa shape index (κ1) is 35.6. The zero-order valence-electron chi connectivity index (χ0n) is 31.1. The first-order valence-electron chi connectivity index (χ1n) is 20.2. The molecule has 3 aromatic carbocycles. The lowest BCUT2D eigenvalue weighted by atomic mass is 9.47. The number of hydrogen-bond acceptors (Lipinski definition) is 2. The maximum Gasteiger partial charge on any atom is 0.332 e. The van der Waals surface area contributed by atoms with Crippen molar-refractivity contribution in [3.05, 3.63) is 103 Å². The minimum absolute atomic E-state index is 0.0547. The lowest BCUT2D eigenvalue weighted by molar-refractivity contribution is -0.142. The number of unbranched alkanes of at least 4 members (excludes halogenated alkanes) is 5. The molecular formula is C47H61O2P. The topological polar surface area (TPSA) is 26.3 Å². The Bertz CT molecular complexity index is 1560. The van der Waals surface area contributed by atoms with E-state index in [0.717, 1.165) is 42.9 Å². The van der Waals surface area contributed by atoms with E-state index in [9.17, 15) is 4.79 Å². The molecule has 0 unspecified atom stereocenters. The van der Waals surface area contributed by atoms with E-state index >= 15 is 0 Å². The van der Waals surface area contributed by atoms with Gasteiger partial charge in [-0.2, -0.15) is 0 Å². The maximum absolute atomic E-state index is 14.2. The van der Waals surface area contributed by atoms with E-state index in [1.54, 1.807) is 5.57 Å². The van der Waals surface area contributed by atoms with Crippen LogP contribution in [0.3, 0.4) is 0 Å². The van der Waals surface area contributed by atoms with Crippen LogP contribution < -0.4 is 15.9 Å². The largest absolute Gasteiger partial charge is 0.459 e. The Hall–Kier alpha value is -2.83. The zero-order valence-corrected chi connectivity index (χ0v) is 32.0. The Kier molecular flexibility index (Phi) is 11.0. The molecule has 7 atom stereocenters. The lowest BCUT2D eigenvalue weighted by Gasteiger charge is -2.58. The standard InChI is InChI=1S/C47H61O2P/c1-4-5-6-7-8-12-19-36-27-29-43-42-28-26-37-34-38(30-32-47(37,3)44(42)31-33-46(36,43)2)49-45(48)35-50(39-20-13-9-14-21-39,40-22-15-10-16-23-40)41-24-17-11-18-25-41/h9-11,13-18,20-26,35-36,38,42-44H,4-8,12,19,27-34H2,1-3H3/t36-,38-,42-,43-,44-,46+,47+/m1/s1. The highest BCUT2D eigenvalue weighted by molar-refractivity contribution is 7.95. The Morgan fingerprint density at radius 3 is 1.96 bits per heavy atom. The van der Waals surface area contributed by atoms with Crippen LogP contribution in [-0.2, 0) is 9.53 Å². The lowest BCUT2D eigenvalue weighted by Crippen LogP contribution is -2.50. The average Bonchev–Trinajstić information content (AvgIpc) is 3.49. The smallest absolute Gasteiger partial charge is 0.332 e. The molecular weight excluding hydrogens is 627 g/mol. The third kappa shape index (κ3) is 6.76. The fourth-order valence-electron chi connectivity index (χ4n) is 11.5. The quantitative estimate of drug-likeness (QED) is 0.0819. The summed E-state index contributed by atoms with van der Waals surface area (Å²) in [4.78, 5) is 14.2. The van der Waals surface area contributed by atoms with E-state index in [4.69, 9.17) is 4.74 Å². The molecule has 3 fully saturated rings. The Labute approximate surface area is 303 Å². The molecule has 7 rings (SSSR count). The summed E-state index contributed by atoms with van der Waals surface area (Å²) in [5.74, 6) is 5.23. The Balaban J connectivity index is 1.08. The van der Waals surface area contributed by atoms with Crippen molar-refractivity contribution in [2.75, 3.05) is 0 Å². The Morgan fingerprint density at radius 1 is 0.740 bits per heavy atom. The molecule has 0 heterocycles. The summed E-state index contributed by atoms with van der Waals surface area (Å²) < 4.78 is 6.50. The summed E-state index contributed by atoms with van der Waals surface area (Å²) in [6.45, 7) is 5.21. The van der Waals surface area contributed by atoms with Gasteiger partial charge < -0.3 is 4.74 Å². The van der Waals surface area contributed by atoms with Crippen molar-refractivity contribution in [3.8, 4) is 0 Å². The summed E-state index contributed by atoms with van der Waals surface area (Å²) >= 11 is 0. The van der Waals surface area contributed by atoms with Crippen LogP contribution in [0.4, 0.5) is 0 Å². The van der Waals surface area contributed by atoms with Crippen molar-refractivity contribution in [1.29, 1.82) is 0 Å². The van der Waals surface area contributed by atoms with E-state index in [1.807, 2.05) is 5.80 Å². The van der Waals surface area contributed by atoms with Gasteiger partial charge in [0, 0.05) is 12.2 Å². The van der Waals surface area contributed by atoms with Gasteiger partial charge in [-0.15, -0.1) is 0 Å². The molecule has 3 aromatic rings. The minimum Gasteiger partial charge on any atom is -0.459 e. The van der Waals surface area contributed by atoms with Crippen LogP contribution in [0, 0.1) is 34.5 Å². The molecule has 0 amide bonds. The number of ether oxygens (including phenoxy) is 1. The summed E-state index contributed by atoms with van der Waals surface area (Å²) in [5, 5.41) is 3.53. The molecule has 4 aliphatic carbocycles. The first-order chi connectivity index (χ1) is 24.4. The van der Waals surface area contributed by atoms with Gasteiger partial charge in [-0.3, -0.25) is 0 Å². The highest BCUT2D eigenvalue weighted by Gasteiger charge is 2.58. The zero-order chi connectivity index (χ0) is 34.6. The molecule has 0 saturated heterocycles. The highest BCUT2D eigenvalue weighted by atomic mass is 31.2. The van der Waals surface area contributed by atoms with E-state index in [1.165, 1.54) is 93.0 Å². The van der Waals surface area contributed by atoms with Crippen molar-refractivity contribution >= 4 is 34.6 Å².